The summed E-state index contributed by atoms with van der Waals surface area (Å²) in [6.07, 6.45) is 2.02. The van der Waals surface area contributed by atoms with Crippen LogP contribution in [0, 0.1) is 0 Å². The van der Waals surface area contributed by atoms with E-state index in [1.54, 1.807) is 6.33 Å². The number of hydrogen-bond donors (Lipinski definition) is 3. The lowest BCUT2D eigenvalue weighted by atomic mass is 10.3. The molecule has 0 amide bonds. The van der Waals surface area contributed by atoms with Gasteiger partial charge < -0.3 is 20.7 Å². The molecule has 16 heavy (non-hydrogen) atoms. The van der Waals surface area contributed by atoms with Crippen LogP contribution in [0.2, 0.25) is 0 Å². The molecular formula is C9H12N6O. The van der Waals surface area contributed by atoms with Crippen molar-refractivity contribution in [2.24, 2.45) is 0 Å². The summed E-state index contributed by atoms with van der Waals surface area (Å²) in [5.41, 5.74) is 6.95. The smallest absolute Gasteiger partial charge is 0.224 e. The van der Waals surface area contributed by atoms with Crippen molar-refractivity contribution in [1.82, 2.24) is 19.9 Å². The van der Waals surface area contributed by atoms with E-state index in [2.05, 4.69) is 19.9 Å². The van der Waals surface area contributed by atoms with Crippen LogP contribution >= 0.6 is 0 Å². The molecule has 2 aromatic heterocycles. The summed E-state index contributed by atoms with van der Waals surface area (Å²) >= 11 is 0. The van der Waals surface area contributed by atoms with E-state index in [9.17, 15) is 5.11 Å². The zero-order valence-electron chi connectivity index (χ0n) is 8.59. The molecule has 7 nitrogen and oxygen atoms in total. The Balaban J connectivity index is 2.11. The van der Waals surface area contributed by atoms with Crippen LogP contribution in [-0.2, 0) is 0 Å². The van der Waals surface area contributed by atoms with E-state index in [0.29, 0.717) is 12.2 Å². The third-order valence-electron chi connectivity index (χ3n) is 2.75. The standard InChI is InChI=1S/C9H12N6O/c10-9-13-7-6(11-4-12-7)8(14-9)15-2-1-5(16)3-15/h4-5,16H,1-3H2,(H3,10,11,12,13,14). The lowest BCUT2D eigenvalue weighted by Gasteiger charge is -2.16. The molecule has 2 aromatic rings. The first-order valence-corrected chi connectivity index (χ1v) is 5.13. The van der Waals surface area contributed by atoms with Crippen molar-refractivity contribution in [3.05, 3.63) is 6.33 Å². The average molecular weight is 220 g/mol. The Kier molecular flexibility index (Phi) is 1.93. The summed E-state index contributed by atoms with van der Waals surface area (Å²) in [6, 6.07) is 0. The maximum absolute atomic E-state index is 9.51. The maximum Gasteiger partial charge on any atom is 0.224 e. The summed E-state index contributed by atoms with van der Waals surface area (Å²) < 4.78 is 0. The predicted octanol–water partition coefficient (Wildman–Crippen LogP) is -0.494. The number of rotatable bonds is 1. The van der Waals surface area contributed by atoms with Gasteiger partial charge in [-0.1, -0.05) is 0 Å². The number of β-amino-alcohol motifs (C(OH)–C–C–N with tert-alkyl or cyclic N) is 1. The zero-order valence-corrected chi connectivity index (χ0v) is 8.59. The second-order valence-corrected chi connectivity index (χ2v) is 3.90. The monoisotopic (exact) mass is 220 g/mol. The third kappa shape index (κ3) is 1.36. The minimum absolute atomic E-state index is 0.205. The number of nitrogen functional groups attached to an aromatic ring is 1. The number of aromatic nitrogens is 4. The molecule has 0 aliphatic carbocycles. The van der Waals surface area contributed by atoms with E-state index < -0.39 is 0 Å². The molecule has 7 heteroatoms. The van der Waals surface area contributed by atoms with Crippen LogP contribution in [0.3, 0.4) is 0 Å². The molecule has 4 N–H and O–H groups in total. The molecule has 1 fully saturated rings. The van der Waals surface area contributed by atoms with Gasteiger partial charge in [0.15, 0.2) is 11.5 Å². The minimum Gasteiger partial charge on any atom is -0.391 e. The second-order valence-electron chi connectivity index (χ2n) is 3.90. The van der Waals surface area contributed by atoms with Gasteiger partial charge in [-0.3, -0.25) is 0 Å². The second kappa shape index (κ2) is 3.31. The fraction of sp³-hybridized carbons (Fsp3) is 0.444. The van der Waals surface area contributed by atoms with Crippen LogP contribution in [0.4, 0.5) is 11.8 Å². The van der Waals surface area contributed by atoms with Crippen LogP contribution in [0.25, 0.3) is 11.2 Å². The fourth-order valence-corrected chi connectivity index (χ4v) is 2.00. The van der Waals surface area contributed by atoms with Crippen LogP contribution in [0.5, 0.6) is 0 Å². The van der Waals surface area contributed by atoms with Gasteiger partial charge in [0.25, 0.3) is 0 Å². The number of aromatic amines is 1. The normalized spacial score (nSPS) is 20.8. The molecule has 1 aliphatic heterocycles. The lowest BCUT2D eigenvalue weighted by Crippen LogP contribution is -2.23. The Morgan fingerprint density at radius 3 is 3.12 bits per heavy atom. The van der Waals surface area contributed by atoms with E-state index in [1.165, 1.54) is 0 Å². The summed E-state index contributed by atoms with van der Waals surface area (Å²) in [4.78, 5) is 17.3. The van der Waals surface area contributed by atoms with Gasteiger partial charge in [0.1, 0.15) is 5.52 Å². The highest BCUT2D eigenvalue weighted by Crippen LogP contribution is 2.25. The molecule has 1 saturated heterocycles. The summed E-state index contributed by atoms with van der Waals surface area (Å²) in [5.74, 6) is 0.924. The summed E-state index contributed by atoms with van der Waals surface area (Å²) in [5, 5.41) is 9.51. The quantitative estimate of drug-likeness (QED) is 0.599. The first-order chi connectivity index (χ1) is 7.74. The molecule has 84 valence electrons. The van der Waals surface area contributed by atoms with Crippen LogP contribution in [0.15, 0.2) is 6.33 Å². The number of anilines is 2. The maximum atomic E-state index is 9.51. The highest BCUT2D eigenvalue weighted by Gasteiger charge is 2.24. The van der Waals surface area contributed by atoms with E-state index >= 15 is 0 Å². The summed E-state index contributed by atoms with van der Waals surface area (Å²) in [6.45, 7) is 1.34. The molecule has 0 aromatic carbocycles. The predicted molar refractivity (Wildman–Crippen MR) is 58.9 cm³/mol. The van der Waals surface area contributed by atoms with E-state index in [0.717, 1.165) is 24.3 Å². The highest BCUT2D eigenvalue weighted by atomic mass is 16.3. The van der Waals surface area contributed by atoms with E-state index in [-0.39, 0.29) is 12.1 Å². The number of hydrogen-bond acceptors (Lipinski definition) is 6. The molecule has 3 heterocycles. The number of imidazole rings is 1. The van der Waals surface area contributed by atoms with E-state index in [4.69, 9.17) is 5.73 Å². The van der Waals surface area contributed by atoms with Crippen LogP contribution < -0.4 is 10.6 Å². The number of nitrogens with zero attached hydrogens (tertiary/aromatic N) is 4. The average Bonchev–Trinajstić information content (AvgIpc) is 2.84. The van der Waals surface area contributed by atoms with Crippen molar-refractivity contribution in [2.75, 3.05) is 23.7 Å². The molecule has 0 radical (unpaired) electrons. The van der Waals surface area contributed by atoms with Gasteiger partial charge in [-0.05, 0) is 6.42 Å². The largest absolute Gasteiger partial charge is 0.391 e. The van der Waals surface area contributed by atoms with Crippen molar-refractivity contribution in [3.63, 3.8) is 0 Å². The molecule has 1 unspecified atom stereocenters. The number of aliphatic hydroxyl groups is 1. The minimum atomic E-state index is -0.297. The Hall–Kier alpha value is -1.89. The first-order valence-electron chi connectivity index (χ1n) is 5.13. The van der Waals surface area contributed by atoms with Crippen molar-refractivity contribution in [2.45, 2.75) is 12.5 Å². The van der Waals surface area contributed by atoms with Gasteiger partial charge in [-0.15, -0.1) is 0 Å². The van der Waals surface area contributed by atoms with Gasteiger partial charge in [-0.25, -0.2) is 4.98 Å². The molecule has 0 saturated carbocycles. The molecule has 0 spiro atoms. The van der Waals surface area contributed by atoms with Gasteiger partial charge in [0, 0.05) is 13.1 Å². The van der Waals surface area contributed by atoms with Gasteiger partial charge in [0.05, 0.1) is 12.4 Å². The van der Waals surface area contributed by atoms with Crippen molar-refractivity contribution in [3.8, 4) is 0 Å². The Morgan fingerprint density at radius 1 is 1.50 bits per heavy atom. The molecule has 1 aliphatic rings. The van der Waals surface area contributed by atoms with Gasteiger partial charge in [0.2, 0.25) is 5.95 Å². The highest BCUT2D eigenvalue weighted by molar-refractivity contribution is 5.84. The van der Waals surface area contributed by atoms with Crippen molar-refractivity contribution in [1.29, 1.82) is 0 Å². The Labute approximate surface area is 91.3 Å². The number of nitrogens with one attached hydrogen (secondary N) is 1. The number of H-pyrrole nitrogens is 1. The van der Waals surface area contributed by atoms with Crippen LogP contribution in [-0.4, -0.2) is 44.2 Å². The van der Waals surface area contributed by atoms with Crippen molar-refractivity contribution >= 4 is 22.9 Å². The Morgan fingerprint density at radius 2 is 2.38 bits per heavy atom. The SMILES string of the molecule is Nc1nc(N2CCC(O)C2)c2[nH]cnc2n1. The topological polar surface area (TPSA) is 104 Å². The third-order valence-corrected chi connectivity index (χ3v) is 2.75. The molecular weight excluding hydrogens is 208 g/mol. The molecule has 3 rings (SSSR count). The van der Waals surface area contributed by atoms with E-state index in [1.807, 2.05) is 4.90 Å². The van der Waals surface area contributed by atoms with Gasteiger partial charge >= 0.3 is 0 Å². The van der Waals surface area contributed by atoms with Gasteiger partial charge in [-0.2, -0.15) is 9.97 Å². The Bertz CT molecular complexity index is 524. The lowest BCUT2D eigenvalue weighted by molar-refractivity contribution is 0.198. The first kappa shape index (κ1) is 9.34. The number of fused-ring (bicyclic) bond motifs is 1. The summed E-state index contributed by atoms with van der Waals surface area (Å²) in [7, 11) is 0. The van der Waals surface area contributed by atoms with Crippen LogP contribution in [0.1, 0.15) is 6.42 Å². The molecule has 1 atom stereocenters. The fourth-order valence-electron chi connectivity index (χ4n) is 2.00. The number of aliphatic hydroxyl groups excluding tert-OH is 1. The zero-order chi connectivity index (χ0) is 11.1. The molecule has 0 bridgehead atoms. The number of nitrogens with two attached hydrogens (primary N) is 1. The van der Waals surface area contributed by atoms with Crippen molar-refractivity contribution < 1.29 is 5.11 Å².